The summed E-state index contributed by atoms with van der Waals surface area (Å²) in [5.41, 5.74) is 7.26. The molecule has 0 saturated carbocycles. The van der Waals surface area contributed by atoms with Crippen molar-refractivity contribution in [3.63, 3.8) is 0 Å². The van der Waals surface area contributed by atoms with Crippen molar-refractivity contribution in [2.45, 2.75) is 13.8 Å². The van der Waals surface area contributed by atoms with Crippen molar-refractivity contribution < 1.29 is 19.1 Å². The molecule has 0 saturated heterocycles. The maximum Gasteiger partial charge on any atom is 0.344 e. The zero-order chi connectivity index (χ0) is 12.8. The van der Waals surface area contributed by atoms with E-state index in [1.165, 1.54) is 6.07 Å². The lowest BCUT2D eigenvalue weighted by Gasteiger charge is -2.06. The van der Waals surface area contributed by atoms with Crippen LogP contribution in [0.25, 0.3) is 0 Å². The fourth-order valence-electron chi connectivity index (χ4n) is 1.34. The lowest BCUT2D eigenvalue weighted by molar-refractivity contribution is -0.146. The van der Waals surface area contributed by atoms with E-state index in [1.54, 1.807) is 19.1 Å². The Bertz CT molecular complexity index is 408. The first kappa shape index (κ1) is 13.0. The summed E-state index contributed by atoms with van der Waals surface area (Å²) in [4.78, 5) is 22.6. The average molecular weight is 237 g/mol. The van der Waals surface area contributed by atoms with Crippen LogP contribution in [0, 0.1) is 6.92 Å². The molecule has 92 valence electrons. The third-order valence-electron chi connectivity index (χ3n) is 1.96. The Kier molecular flexibility index (Phi) is 4.51. The molecule has 0 unspecified atom stereocenters. The first-order valence-corrected chi connectivity index (χ1v) is 5.23. The fourth-order valence-corrected chi connectivity index (χ4v) is 1.34. The summed E-state index contributed by atoms with van der Waals surface area (Å²) in [7, 11) is 0. The Balaban J connectivity index is 2.61. The summed E-state index contributed by atoms with van der Waals surface area (Å²) in [5, 5.41) is 0. The van der Waals surface area contributed by atoms with Gasteiger partial charge in [-0.3, -0.25) is 0 Å². The number of benzene rings is 1. The summed E-state index contributed by atoms with van der Waals surface area (Å²) >= 11 is 0. The van der Waals surface area contributed by atoms with Gasteiger partial charge < -0.3 is 15.2 Å². The number of carbonyl (C=O) groups is 2. The molecule has 0 aromatic heterocycles. The van der Waals surface area contributed by atoms with Crippen LogP contribution in [-0.2, 0) is 14.3 Å². The maximum absolute atomic E-state index is 11.6. The Hall–Kier alpha value is -2.04. The van der Waals surface area contributed by atoms with Gasteiger partial charge in [-0.25, -0.2) is 9.59 Å². The number of aryl methyl sites for hydroxylation is 1. The third kappa shape index (κ3) is 4.14. The minimum Gasteiger partial charge on any atom is -0.463 e. The first-order chi connectivity index (χ1) is 8.02. The lowest BCUT2D eigenvalue weighted by Crippen LogP contribution is -2.16. The molecule has 0 radical (unpaired) electrons. The summed E-state index contributed by atoms with van der Waals surface area (Å²) in [6.45, 7) is 3.37. The molecule has 1 rings (SSSR count). The summed E-state index contributed by atoms with van der Waals surface area (Å²) in [5.74, 6) is -1.16. The first-order valence-electron chi connectivity index (χ1n) is 5.23. The van der Waals surface area contributed by atoms with E-state index in [4.69, 9.17) is 10.5 Å². The Morgan fingerprint density at radius 2 is 1.94 bits per heavy atom. The molecule has 0 spiro atoms. The number of carbonyl (C=O) groups excluding carboxylic acids is 2. The van der Waals surface area contributed by atoms with E-state index < -0.39 is 11.9 Å². The Labute approximate surface area is 99.5 Å². The Morgan fingerprint density at radius 1 is 1.24 bits per heavy atom. The number of ether oxygens (including phenoxy) is 2. The SMILES string of the molecule is CCOC(=O)COC(=O)c1cc(C)cc(N)c1. The summed E-state index contributed by atoms with van der Waals surface area (Å²) in [6, 6.07) is 4.88. The average Bonchev–Trinajstić information content (AvgIpc) is 2.25. The van der Waals surface area contributed by atoms with Gasteiger partial charge in [0.25, 0.3) is 0 Å². The predicted molar refractivity (Wildman–Crippen MR) is 62.5 cm³/mol. The highest BCUT2D eigenvalue weighted by Gasteiger charge is 2.11. The predicted octanol–water partition coefficient (Wildman–Crippen LogP) is 1.30. The maximum atomic E-state index is 11.6. The van der Waals surface area contributed by atoms with Crippen LogP contribution in [0.1, 0.15) is 22.8 Å². The van der Waals surface area contributed by atoms with Crippen molar-refractivity contribution in [2.24, 2.45) is 0 Å². The minimum atomic E-state index is -0.589. The molecule has 0 bridgehead atoms. The van der Waals surface area contributed by atoms with Crippen LogP contribution in [0.15, 0.2) is 18.2 Å². The minimum absolute atomic E-state index is 0.258. The second kappa shape index (κ2) is 5.89. The number of esters is 2. The summed E-state index contributed by atoms with van der Waals surface area (Å²) in [6.07, 6.45) is 0. The molecular formula is C12H15NO4. The highest BCUT2D eigenvalue weighted by molar-refractivity contribution is 5.91. The number of nitrogen functional groups attached to an aromatic ring is 1. The number of rotatable bonds is 4. The molecule has 0 atom stereocenters. The van der Waals surface area contributed by atoms with E-state index in [9.17, 15) is 9.59 Å². The van der Waals surface area contributed by atoms with Crippen molar-refractivity contribution in [3.05, 3.63) is 29.3 Å². The molecule has 0 aliphatic rings. The van der Waals surface area contributed by atoms with Crippen molar-refractivity contribution in [1.82, 2.24) is 0 Å². The van der Waals surface area contributed by atoms with Gasteiger partial charge >= 0.3 is 11.9 Å². The summed E-state index contributed by atoms with van der Waals surface area (Å²) < 4.78 is 9.42. The van der Waals surface area contributed by atoms with Crippen LogP contribution in [-0.4, -0.2) is 25.2 Å². The quantitative estimate of drug-likeness (QED) is 0.630. The van der Waals surface area contributed by atoms with Crippen molar-refractivity contribution in [1.29, 1.82) is 0 Å². The van der Waals surface area contributed by atoms with Crippen molar-refractivity contribution >= 4 is 17.6 Å². The third-order valence-corrected chi connectivity index (χ3v) is 1.96. The van der Waals surface area contributed by atoms with Crippen LogP contribution in [0.3, 0.4) is 0 Å². The van der Waals surface area contributed by atoms with E-state index in [0.717, 1.165) is 5.56 Å². The highest BCUT2D eigenvalue weighted by Crippen LogP contribution is 2.12. The van der Waals surface area contributed by atoms with E-state index in [-0.39, 0.29) is 13.2 Å². The molecule has 0 aliphatic carbocycles. The largest absolute Gasteiger partial charge is 0.463 e. The molecular weight excluding hydrogens is 222 g/mol. The van der Waals surface area contributed by atoms with Gasteiger partial charge in [0.15, 0.2) is 6.61 Å². The lowest BCUT2D eigenvalue weighted by atomic mass is 10.1. The standard InChI is InChI=1S/C12H15NO4/c1-3-16-11(14)7-17-12(15)9-4-8(2)5-10(13)6-9/h4-6H,3,7,13H2,1-2H3. The molecule has 0 fully saturated rings. The monoisotopic (exact) mass is 237 g/mol. The molecule has 5 heteroatoms. The van der Waals surface area contributed by atoms with Gasteiger partial charge in [-0.15, -0.1) is 0 Å². The zero-order valence-corrected chi connectivity index (χ0v) is 9.86. The molecule has 1 aromatic carbocycles. The smallest absolute Gasteiger partial charge is 0.344 e. The molecule has 5 nitrogen and oxygen atoms in total. The van der Waals surface area contributed by atoms with Gasteiger partial charge in [-0.05, 0) is 37.6 Å². The van der Waals surface area contributed by atoms with Gasteiger partial charge in [-0.1, -0.05) is 0 Å². The van der Waals surface area contributed by atoms with E-state index in [1.807, 2.05) is 6.92 Å². The number of anilines is 1. The fraction of sp³-hybridized carbons (Fsp3) is 0.333. The second-order valence-corrected chi connectivity index (χ2v) is 3.51. The van der Waals surface area contributed by atoms with Crippen LogP contribution in [0.5, 0.6) is 0 Å². The zero-order valence-electron chi connectivity index (χ0n) is 9.86. The molecule has 0 amide bonds. The van der Waals surface area contributed by atoms with Crippen LogP contribution in [0.4, 0.5) is 5.69 Å². The molecule has 17 heavy (non-hydrogen) atoms. The molecule has 0 aliphatic heterocycles. The number of hydrogen-bond acceptors (Lipinski definition) is 5. The van der Waals surface area contributed by atoms with Gasteiger partial charge in [0.2, 0.25) is 0 Å². The van der Waals surface area contributed by atoms with Gasteiger partial charge in [0.05, 0.1) is 12.2 Å². The van der Waals surface area contributed by atoms with Crippen LogP contribution in [0.2, 0.25) is 0 Å². The van der Waals surface area contributed by atoms with Gasteiger partial charge in [0, 0.05) is 5.69 Å². The van der Waals surface area contributed by atoms with Crippen molar-refractivity contribution in [2.75, 3.05) is 18.9 Å². The van der Waals surface area contributed by atoms with Crippen molar-refractivity contribution in [3.8, 4) is 0 Å². The number of hydrogen-bond donors (Lipinski definition) is 1. The Morgan fingerprint density at radius 3 is 2.53 bits per heavy atom. The topological polar surface area (TPSA) is 78.6 Å². The molecule has 1 aromatic rings. The van der Waals surface area contributed by atoms with Gasteiger partial charge in [-0.2, -0.15) is 0 Å². The van der Waals surface area contributed by atoms with Crippen LogP contribution >= 0.6 is 0 Å². The number of nitrogens with two attached hydrogens (primary N) is 1. The second-order valence-electron chi connectivity index (χ2n) is 3.51. The van der Waals surface area contributed by atoms with E-state index in [2.05, 4.69) is 4.74 Å². The van der Waals surface area contributed by atoms with Crippen LogP contribution < -0.4 is 5.73 Å². The highest BCUT2D eigenvalue weighted by atomic mass is 16.6. The molecule has 0 heterocycles. The van der Waals surface area contributed by atoms with Gasteiger partial charge in [0.1, 0.15) is 0 Å². The van der Waals surface area contributed by atoms with E-state index >= 15 is 0 Å². The van der Waals surface area contributed by atoms with E-state index in [0.29, 0.717) is 11.3 Å². The normalized spacial score (nSPS) is 9.76. The molecule has 2 N–H and O–H groups in total.